The minimum atomic E-state index is -1.02. The van der Waals surface area contributed by atoms with Crippen LogP contribution in [-0.4, -0.2) is 35.7 Å². The van der Waals surface area contributed by atoms with Crippen molar-refractivity contribution in [3.63, 3.8) is 0 Å². The van der Waals surface area contributed by atoms with E-state index in [9.17, 15) is 14.7 Å². The first-order chi connectivity index (χ1) is 9.81. The lowest BCUT2D eigenvalue weighted by atomic mass is 9.98. The minimum absolute atomic E-state index is 0.0696. The van der Waals surface area contributed by atoms with Crippen LogP contribution in [0.15, 0.2) is 24.3 Å². The van der Waals surface area contributed by atoms with E-state index in [0.717, 1.165) is 0 Å². The number of ketones is 1. The van der Waals surface area contributed by atoms with Crippen molar-refractivity contribution < 1.29 is 24.2 Å². The first kappa shape index (κ1) is 17.2. The zero-order chi connectivity index (χ0) is 15.9. The SMILES string of the molecule is CCC(=O)OCCOc1ccc(C(=O)CC(C)(C)O)cc1. The number of hydrogen-bond acceptors (Lipinski definition) is 5. The summed E-state index contributed by atoms with van der Waals surface area (Å²) in [6.45, 7) is 5.39. The van der Waals surface area contributed by atoms with E-state index in [1.165, 1.54) is 0 Å². The Labute approximate surface area is 124 Å². The molecule has 0 aliphatic carbocycles. The van der Waals surface area contributed by atoms with Gasteiger partial charge in [0.1, 0.15) is 19.0 Å². The molecule has 5 nitrogen and oxygen atoms in total. The summed E-state index contributed by atoms with van der Waals surface area (Å²) in [5.74, 6) is 0.222. The van der Waals surface area contributed by atoms with Crippen molar-refractivity contribution in [2.75, 3.05) is 13.2 Å². The normalized spacial score (nSPS) is 11.0. The van der Waals surface area contributed by atoms with E-state index in [1.54, 1.807) is 45.0 Å². The molecular formula is C16H22O5. The molecule has 0 aliphatic rings. The van der Waals surface area contributed by atoms with Gasteiger partial charge in [-0.3, -0.25) is 9.59 Å². The molecular weight excluding hydrogens is 272 g/mol. The minimum Gasteiger partial charge on any atom is -0.490 e. The molecule has 0 bridgehead atoms. The van der Waals surface area contributed by atoms with Gasteiger partial charge in [-0.2, -0.15) is 0 Å². The van der Waals surface area contributed by atoms with Crippen LogP contribution in [0.1, 0.15) is 44.0 Å². The molecule has 21 heavy (non-hydrogen) atoms. The predicted octanol–water partition coefficient (Wildman–Crippen LogP) is 2.36. The van der Waals surface area contributed by atoms with E-state index in [2.05, 4.69) is 0 Å². The summed E-state index contributed by atoms with van der Waals surface area (Å²) in [4.78, 5) is 22.8. The van der Waals surface area contributed by atoms with E-state index in [0.29, 0.717) is 17.7 Å². The van der Waals surface area contributed by atoms with Crippen molar-refractivity contribution >= 4 is 11.8 Å². The maximum Gasteiger partial charge on any atom is 0.305 e. The average Bonchev–Trinajstić information content (AvgIpc) is 2.42. The highest BCUT2D eigenvalue weighted by Crippen LogP contribution is 2.17. The van der Waals surface area contributed by atoms with Crippen LogP contribution >= 0.6 is 0 Å². The lowest BCUT2D eigenvalue weighted by Gasteiger charge is -2.15. The largest absolute Gasteiger partial charge is 0.490 e. The van der Waals surface area contributed by atoms with Crippen LogP contribution in [0.4, 0.5) is 0 Å². The summed E-state index contributed by atoms with van der Waals surface area (Å²) < 4.78 is 10.3. The van der Waals surface area contributed by atoms with Gasteiger partial charge in [0.2, 0.25) is 0 Å². The zero-order valence-electron chi connectivity index (χ0n) is 12.7. The second-order valence-corrected chi connectivity index (χ2v) is 5.36. The highest BCUT2D eigenvalue weighted by Gasteiger charge is 2.19. The van der Waals surface area contributed by atoms with Crippen LogP contribution in [0.5, 0.6) is 5.75 Å². The number of carbonyl (C=O) groups is 2. The molecule has 0 unspecified atom stereocenters. The van der Waals surface area contributed by atoms with Gasteiger partial charge in [0, 0.05) is 18.4 Å². The van der Waals surface area contributed by atoms with Crippen molar-refractivity contribution in [1.29, 1.82) is 0 Å². The number of aliphatic hydroxyl groups is 1. The second kappa shape index (κ2) is 7.78. The van der Waals surface area contributed by atoms with Gasteiger partial charge in [-0.15, -0.1) is 0 Å². The number of rotatable bonds is 8. The fourth-order valence-corrected chi connectivity index (χ4v) is 1.65. The van der Waals surface area contributed by atoms with Crippen LogP contribution in [0, 0.1) is 0 Å². The number of esters is 1. The Bertz CT molecular complexity index is 470. The topological polar surface area (TPSA) is 72.8 Å². The summed E-state index contributed by atoms with van der Waals surface area (Å²) in [7, 11) is 0. The van der Waals surface area contributed by atoms with E-state index in [-0.39, 0.29) is 31.4 Å². The Morgan fingerprint density at radius 1 is 1.14 bits per heavy atom. The molecule has 0 aliphatic heterocycles. The molecule has 0 amide bonds. The van der Waals surface area contributed by atoms with E-state index in [4.69, 9.17) is 9.47 Å². The number of Topliss-reactive ketones (excluding diaryl/α,β-unsaturated/α-hetero) is 1. The molecule has 0 radical (unpaired) electrons. The summed E-state index contributed by atoms with van der Waals surface area (Å²) >= 11 is 0. The van der Waals surface area contributed by atoms with Crippen LogP contribution in [0.3, 0.4) is 0 Å². The molecule has 0 saturated heterocycles. The number of ether oxygens (including phenoxy) is 2. The van der Waals surface area contributed by atoms with Crippen LogP contribution in [0.2, 0.25) is 0 Å². The van der Waals surface area contributed by atoms with Gasteiger partial charge in [-0.1, -0.05) is 6.92 Å². The highest BCUT2D eigenvalue weighted by molar-refractivity contribution is 5.96. The fourth-order valence-electron chi connectivity index (χ4n) is 1.65. The van der Waals surface area contributed by atoms with E-state index < -0.39 is 5.60 Å². The Hall–Kier alpha value is -1.88. The van der Waals surface area contributed by atoms with Gasteiger partial charge in [-0.25, -0.2) is 0 Å². The summed E-state index contributed by atoms with van der Waals surface area (Å²) in [6, 6.07) is 6.67. The van der Waals surface area contributed by atoms with Gasteiger partial charge in [0.05, 0.1) is 5.60 Å². The molecule has 0 spiro atoms. The molecule has 116 valence electrons. The molecule has 5 heteroatoms. The number of carbonyl (C=O) groups excluding carboxylic acids is 2. The number of hydrogen-bond donors (Lipinski definition) is 1. The molecule has 0 saturated carbocycles. The van der Waals surface area contributed by atoms with Crippen molar-refractivity contribution in [3.05, 3.63) is 29.8 Å². The Morgan fingerprint density at radius 2 is 1.76 bits per heavy atom. The maximum absolute atomic E-state index is 11.9. The third-order valence-corrected chi connectivity index (χ3v) is 2.67. The van der Waals surface area contributed by atoms with Crippen molar-refractivity contribution in [3.8, 4) is 5.75 Å². The third-order valence-electron chi connectivity index (χ3n) is 2.67. The maximum atomic E-state index is 11.9. The smallest absolute Gasteiger partial charge is 0.305 e. The lowest BCUT2D eigenvalue weighted by molar-refractivity contribution is -0.143. The first-order valence-electron chi connectivity index (χ1n) is 6.96. The summed E-state index contributed by atoms with van der Waals surface area (Å²) in [6.07, 6.45) is 0.415. The van der Waals surface area contributed by atoms with Gasteiger partial charge in [0.25, 0.3) is 0 Å². The van der Waals surface area contributed by atoms with Gasteiger partial charge < -0.3 is 14.6 Å². The summed E-state index contributed by atoms with van der Waals surface area (Å²) in [5, 5.41) is 9.63. The highest BCUT2D eigenvalue weighted by atomic mass is 16.6. The fraction of sp³-hybridized carbons (Fsp3) is 0.500. The summed E-state index contributed by atoms with van der Waals surface area (Å²) in [5.41, 5.74) is -0.489. The molecule has 1 aromatic rings. The first-order valence-corrected chi connectivity index (χ1v) is 6.96. The second-order valence-electron chi connectivity index (χ2n) is 5.36. The molecule has 0 aromatic heterocycles. The van der Waals surface area contributed by atoms with Crippen LogP contribution in [-0.2, 0) is 9.53 Å². The van der Waals surface area contributed by atoms with E-state index in [1.807, 2.05) is 0 Å². The molecule has 0 heterocycles. The van der Waals surface area contributed by atoms with E-state index >= 15 is 0 Å². The number of benzene rings is 1. The monoisotopic (exact) mass is 294 g/mol. The third kappa shape index (κ3) is 6.90. The van der Waals surface area contributed by atoms with Gasteiger partial charge in [-0.05, 0) is 38.1 Å². The molecule has 0 atom stereocenters. The Balaban J connectivity index is 2.43. The van der Waals surface area contributed by atoms with Crippen molar-refractivity contribution in [1.82, 2.24) is 0 Å². The Kier molecular flexibility index (Phi) is 6.37. The predicted molar refractivity (Wildman–Crippen MR) is 78.4 cm³/mol. The molecule has 0 fully saturated rings. The van der Waals surface area contributed by atoms with Crippen LogP contribution < -0.4 is 4.74 Å². The molecule has 1 aromatic carbocycles. The molecule has 1 rings (SSSR count). The van der Waals surface area contributed by atoms with Crippen molar-refractivity contribution in [2.45, 2.75) is 39.2 Å². The zero-order valence-corrected chi connectivity index (χ0v) is 12.7. The van der Waals surface area contributed by atoms with Crippen LogP contribution in [0.25, 0.3) is 0 Å². The quantitative estimate of drug-likeness (QED) is 0.452. The molecule has 1 N–H and O–H groups in total. The van der Waals surface area contributed by atoms with Crippen molar-refractivity contribution in [2.24, 2.45) is 0 Å². The lowest BCUT2D eigenvalue weighted by Crippen LogP contribution is -2.23. The Morgan fingerprint density at radius 3 is 2.29 bits per heavy atom. The standard InChI is InChI=1S/C16H22O5/c1-4-15(18)21-10-9-20-13-7-5-12(6-8-13)14(17)11-16(2,3)19/h5-8,19H,4,9-11H2,1-3H3. The van der Waals surface area contributed by atoms with Gasteiger partial charge in [0.15, 0.2) is 5.78 Å². The average molecular weight is 294 g/mol. The van der Waals surface area contributed by atoms with Gasteiger partial charge >= 0.3 is 5.97 Å².